The quantitative estimate of drug-likeness (QED) is 0.0116. The summed E-state index contributed by atoms with van der Waals surface area (Å²) in [5.74, 6) is -5.71. The van der Waals surface area contributed by atoms with E-state index in [1.54, 1.807) is 111 Å². The number of rotatable bonds is 35. The summed E-state index contributed by atoms with van der Waals surface area (Å²) in [5.41, 5.74) is -3.18. The number of esters is 6. The molecule has 30 nitrogen and oxygen atoms in total. The predicted octanol–water partition coefficient (Wildman–Crippen LogP) is 7.47. The third kappa shape index (κ3) is 38.6. The topological polar surface area (TPSA) is 374 Å². The molecule has 5 rings (SSSR count). The number of nitrogens with one attached hydrogen (secondary N) is 7. The van der Waals surface area contributed by atoms with Crippen LogP contribution in [-0.2, 0) is 92.4 Å². The SMILES string of the molecule is COC(=O)C(CCCCNC(=O)C(Cc1ccc2ccccc2c1)NC(=O)C1CCC(CNC(=O)C(CCCCNC(=O)CN2CCN(CC(=O)OC(C)(C)C)CCN(CC(=O)OC(C)(C)C)CCN(CC(=O)OC(C)(C)C)CC2)NC(C)=C2C(=O)CC(C)(C)CC2=O)CC1)NC(=O)NC(CCC(=O)OC(C)(C)C)C(=O)OC(C)(C)C. The highest BCUT2D eigenvalue weighted by atomic mass is 16.6. The Bertz CT molecular complexity index is 3640. The van der Waals surface area contributed by atoms with Gasteiger partial charge in [-0.1, -0.05) is 56.3 Å². The summed E-state index contributed by atoms with van der Waals surface area (Å²) >= 11 is 0. The largest absolute Gasteiger partial charge is 0.467 e. The van der Waals surface area contributed by atoms with Gasteiger partial charge in [0.25, 0.3) is 0 Å². The zero-order valence-corrected chi connectivity index (χ0v) is 72.8. The number of urea groups is 1. The Hall–Kier alpha value is -8.61. The van der Waals surface area contributed by atoms with Gasteiger partial charge in [-0.2, -0.15) is 0 Å². The maximum absolute atomic E-state index is 14.5. The van der Waals surface area contributed by atoms with Gasteiger partial charge in [0, 0.05) is 109 Å². The molecule has 2 aromatic carbocycles. The van der Waals surface area contributed by atoms with Crippen LogP contribution >= 0.6 is 0 Å². The zero-order chi connectivity index (χ0) is 86.5. The molecule has 3 fully saturated rings. The van der Waals surface area contributed by atoms with Crippen molar-refractivity contribution in [1.82, 2.24) is 56.8 Å². The standard InChI is InChI=1S/C86H137N11O19/c1-57(74-67(98)50-86(17,18)51-68(74)99)90-63(28-22-24-38-87-69(100)53-94-40-42-95(54-71(102)113-82(5,6)7)44-46-97(56-73(104)115-84(11,12)13)47-45-96(43-41-94)55-72(103)114-83(8,9)10)76(106)89-52-58-30-34-61(35-31-58)75(105)91-66(49-59-32-33-60-26-20-21-27-62(60)48-59)77(107)88-39-25-23-29-64(78(108)111-19)92-80(110)93-65(79(109)116-85(14,15)16)36-37-70(101)112-81(2,3)4/h20-21,26-27,32-33,48,58,61,63-66,90H,22-25,28-31,34-47,49-56H2,1-19H3,(H,87,100)(H,88,107)(H,89,106)(H,91,105)(H2,92,93,110). The summed E-state index contributed by atoms with van der Waals surface area (Å²) in [6, 6.07) is 8.55. The van der Waals surface area contributed by atoms with Crippen LogP contribution in [0.4, 0.5) is 4.79 Å². The maximum atomic E-state index is 14.5. The van der Waals surface area contributed by atoms with E-state index in [-0.39, 0.29) is 132 Å². The summed E-state index contributed by atoms with van der Waals surface area (Å²) in [7, 11) is 1.18. The lowest BCUT2D eigenvalue weighted by Crippen LogP contribution is -2.52. The highest BCUT2D eigenvalue weighted by molar-refractivity contribution is 6.22. The summed E-state index contributed by atoms with van der Waals surface area (Å²) in [5, 5.41) is 22.5. The molecule has 0 radical (unpaired) electrons. The van der Waals surface area contributed by atoms with E-state index in [1.165, 1.54) is 7.11 Å². The molecule has 2 aliphatic carbocycles. The van der Waals surface area contributed by atoms with E-state index in [4.69, 9.17) is 28.4 Å². The number of benzene rings is 2. The summed E-state index contributed by atoms with van der Waals surface area (Å²) in [4.78, 5) is 184. The molecule has 30 heteroatoms. The Balaban J connectivity index is 1.21. The van der Waals surface area contributed by atoms with E-state index in [2.05, 4.69) is 37.2 Å². The van der Waals surface area contributed by atoms with Crippen LogP contribution in [0.2, 0.25) is 0 Å². The molecular formula is C86H137N11O19. The average molecular weight is 1630 g/mol. The van der Waals surface area contributed by atoms with Crippen LogP contribution in [0.1, 0.15) is 220 Å². The smallest absolute Gasteiger partial charge is 0.329 e. The van der Waals surface area contributed by atoms with E-state index in [0.29, 0.717) is 109 Å². The second-order valence-electron chi connectivity index (χ2n) is 36.9. The van der Waals surface area contributed by atoms with Crippen molar-refractivity contribution in [3.8, 4) is 0 Å². The monoisotopic (exact) mass is 1630 g/mol. The van der Waals surface area contributed by atoms with Crippen molar-refractivity contribution in [3.63, 3.8) is 0 Å². The number of allylic oxidation sites excluding steroid dienone is 2. The zero-order valence-electron chi connectivity index (χ0n) is 72.8. The molecule has 2 aromatic rings. The van der Waals surface area contributed by atoms with Crippen LogP contribution in [0.5, 0.6) is 0 Å². The first-order valence-electron chi connectivity index (χ1n) is 41.3. The first kappa shape index (κ1) is 98.0. The molecule has 0 bridgehead atoms. The van der Waals surface area contributed by atoms with Crippen molar-refractivity contribution in [3.05, 3.63) is 59.3 Å². The maximum Gasteiger partial charge on any atom is 0.329 e. The summed E-state index contributed by atoms with van der Waals surface area (Å²) in [6.45, 7) is 35.3. The fourth-order valence-electron chi connectivity index (χ4n) is 14.1. The molecule has 0 spiro atoms. The van der Waals surface area contributed by atoms with Gasteiger partial charge in [-0.25, -0.2) is 14.4 Å². The second-order valence-corrected chi connectivity index (χ2v) is 36.9. The predicted molar refractivity (Wildman–Crippen MR) is 440 cm³/mol. The van der Waals surface area contributed by atoms with Gasteiger partial charge in [0.1, 0.15) is 52.2 Å². The van der Waals surface area contributed by atoms with E-state index in [0.717, 1.165) is 16.3 Å². The molecule has 0 aromatic heterocycles. The second kappa shape index (κ2) is 45.4. The lowest BCUT2D eigenvalue weighted by Gasteiger charge is -2.34. The highest BCUT2D eigenvalue weighted by Crippen LogP contribution is 2.35. The van der Waals surface area contributed by atoms with Gasteiger partial charge in [0.05, 0.1) is 38.9 Å². The minimum atomic E-state index is -1.26. The molecule has 7 N–H and O–H groups in total. The van der Waals surface area contributed by atoms with Crippen LogP contribution in [0.25, 0.3) is 10.8 Å². The van der Waals surface area contributed by atoms with Crippen molar-refractivity contribution in [2.24, 2.45) is 17.3 Å². The number of unbranched alkanes of at least 4 members (excludes halogenated alkanes) is 2. The molecule has 2 saturated carbocycles. The minimum absolute atomic E-state index is 0.00862. The first-order chi connectivity index (χ1) is 54.0. The molecule has 6 amide bonds. The van der Waals surface area contributed by atoms with Crippen molar-refractivity contribution in [1.29, 1.82) is 0 Å². The summed E-state index contributed by atoms with van der Waals surface area (Å²) in [6.07, 6.45) is 4.28. The molecule has 1 saturated heterocycles. The van der Waals surface area contributed by atoms with Gasteiger partial charge in [-0.15, -0.1) is 0 Å². The van der Waals surface area contributed by atoms with Gasteiger partial charge in [0.2, 0.25) is 23.6 Å². The van der Waals surface area contributed by atoms with Crippen LogP contribution in [0, 0.1) is 17.3 Å². The van der Waals surface area contributed by atoms with Crippen molar-refractivity contribution in [2.75, 3.05) is 105 Å². The van der Waals surface area contributed by atoms with Gasteiger partial charge in [0.15, 0.2) is 11.6 Å². The van der Waals surface area contributed by atoms with E-state index < -0.39 is 111 Å². The lowest BCUT2D eigenvalue weighted by atomic mass is 9.73. The number of ketones is 2. The van der Waals surface area contributed by atoms with Gasteiger partial charge in [-0.05, 0) is 209 Å². The van der Waals surface area contributed by atoms with Gasteiger partial charge >= 0.3 is 41.8 Å². The fraction of sp³-hybridized carbons (Fsp3) is 0.709. The molecular weight excluding hydrogens is 1490 g/mol. The van der Waals surface area contributed by atoms with Crippen LogP contribution in [0.15, 0.2) is 53.7 Å². The Morgan fingerprint density at radius 3 is 1.37 bits per heavy atom. The van der Waals surface area contributed by atoms with E-state index in [1.807, 2.05) is 75.9 Å². The summed E-state index contributed by atoms with van der Waals surface area (Å²) < 4.78 is 33.1. The van der Waals surface area contributed by atoms with Crippen molar-refractivity contribution in [2.45, 2.75) is 273 Å². The Kier molecular flexibility index (Phi) is 38.3. The third-order valence-corrected chi connectivity index (χ3v) is 19.5. The first-order valence-corrected chi connectivity index (χ1v) is 41.3. The molecule has 116 heavy (non-hydrogen) atoms. The van der Waals surface area contributed by atoms with Crippen LogP contribution < -0.4 is 37.2 Å². The number of Topliss-reactive ketones (excluding diaryl/α,β-unsaturated/α-hetero) is 2. The molecule has 650 valence electrons. The molecule has 4 atom stereocenters. The lowest BCUT2D eigenvalue weighted by molar-refractivity contribution is -0.159. The number of nitrogens with zero attached hydrogens (tertiary/aromatic N) is 4. The van der Waals surface area contributed by atoms with Gasteiger partial charge < -0.3 is 65.6 Å². The number of methoxy groups -OCH3 is 1. The third-order valence-electron chi connectivity index (χ3n) is 19.5. The van der Waals surface area contributed by atoms with E-state index in [9.17, 15) is 62.3 Å². The Labute approximate surface area is 687 Å². The average Bonchev–Trinajstić information content (AvgIpc) is 0.800. The van der Waals surface area contributed by atoms with Crippen LogP contribution in [0.3, 0.4) is 0 Å². The number of hydrogen-bond donors (Lipinski definition) is 7. The van der Waals surface area contributed by atoms with Crippen LogP contribution in [-0.4, -0.2) is 254 Å². The van der Waals surface area contributed by atoms with E-state index >= 15 is 0 Å². The number of carbonyl (C=O) groups excluding carboxylic acids is 13. The fourth-order valence-corrected chi connectivity index (χ4v) is 14.1. The number of fused-ring (bicyclic) bond motifs is 1. The Morgan fingerprint density at radius 1 is 0.466 bits per heavy atom. The minimum Gasteiger partial charge on any atom is -0.467 e. The highest BCUT2D eigenvalue weighted by Gasteiger charge is 2.39. The number of carbonyl (C=O) groups is 13. The molecule has 1 aliphatic heterocycles. The van der Waals surface area contributed by atoms with Crippen molar-refractivity contribution >= 4 is 87.8 Å². The number of amides is 6. The molecule has 3 aliphatic rings. The number of ether oxygens (including phenoxy) is 6. The molecule has 1 heterocycles. The van der Waals surface area contributed by atoms with Gasteiger partial charge in [-0.3, -0.25) is 67.5 Å². The van der Waals surface area contributed by atoms with Crippen molar-refractivity contribution < 1.29 is 90.8 Å². The molecule has 4 unspecified atom stereocenters. The normalized spacial score (nSPS) is 18.4. The number of hydrogen-bond acceptors (Lipinski definition) is 24. The Morgan fingerprint density at radius 2 is 0.897 bits per heavy atom.